The summed E-state index contributed by atoms with van der Waals surface area (Å²) < 4.78 is 5.52. The maximum atomic E-state index is 12.2. The number of nitrogens with two attached hydrogens (primary N) is 1. The Bertz CT molecular complexity index is 628. The lowest BCUT2D eigenvalue weighted by atomic mass is 10.1. The Kier molecular flexibility index (Phi) is 2.79. The normalized spacial score (nSPS) is 16.5. The molecule has 0 spiro atoms. The second kappa shape index (κ2) is 4.61. The highest BCUT2D eigenvalue weighted by Crippen LogP contribution is 2.31. The number of hydrogen-bond donors (Lipinski definition) is 2. The van der Waals surface area contributed by atoms with Gasteiger partial charge in [-0.1, -0.05) is 18.2 Å². The topological polar surface area (TPSA) is 77.2 Å². The minimum absolute atomic E-state index is 0.142. The van der Waals surface area contributed by atoms with E-state index in [0.717, 1.165) is 11.3 Å². The number of hydrogen-bond acceptors (Lipinski definition) is 4. The fourth-order valence-corrected chi connectivity index (χ4v) is 2.13. The van der Waals surface area contributed by atoms with Crippen molar-refractivity contribution in [1.82, 2.24) is 10.3 Å². The zero-order chi connectivity index (χ0) is 13.2. The molecule has 1 aromatic heterocycles. The van der Waals surface area contributed by atoms with Crippen molar-refractivity contribution in [3.8, 4) is 5.75 Å². The third kappa shape index (κ3) is 2.10. The molecule has 3 rings (SSSR count). The Morgan fingerprint density at radius 1 is 1.37 bits per heavy atom. The number of carbonyl (C=O) groups is 1. The van der Waals surface area contributed by atoms with E-state index in [1.807, 2.05) is 24.3 Å². The Morgan fingerprint density at radius 2 is 2.21 bits per heavy atom. The average molecular weight is 255 g/mol. The maximum Gasteiger partial charge on any atom is 0.254 e. The Balaban J connectivity index is 1.81. The molecule has 0 saturated carbocycles. The number of benzene rings is 1. The van der Waals surface area contributed by atoms with Crippen molar-refractivity contribution in [1.29, 1.82) is 0 Å². The summed E-state index contributed by atoms with van der Waals surface area (Å²) >= 11 is 0. The number of nitrogens with one attached hydrogen (secondary N) is 1. The number of pyridine rings is 1. The first kappa shape index (κ1) is 11.5. The predicted molar refractivity (Wildman–Crippen MR) is 70.8 cm³/mol. The number of amides is 1. The molecule has 0 aliphatic carbocycles. The number of aromatic nitrogens is 1. The predicted octanol–water partition coefficient (Wildman–Crippen LogP) is 1.53. The number of anilines is 1. The molecular weight excluding hydrogens is 242 g/mol. The number of ether oxygens (including phenoxy) is 1. The minimum atomic E-state index is -0.217. The number of nitrogen functional groups attached to an aromatic ring is 1. The van der Waals surface area contributed by atoms with Gasteiger partial charge in [-0.05, 0) is 12.1 Å². The highest BCUT2D eigenvalue weighted by Gasteiger charge is 2.25. The quantitative estimate of drug-likeness (QED) is 0.853. The smallest absolute Gasteiger partial charge is 0.254 e. The van der Waals surface area contributed by atoms with E-state index in [-0.39, 0.29) is 11.9 Å². The van der Waals surface area contributed by atoms with Gasteiger partial charge in [-0.15, -0.1) is 0 Å². The summed E-state index contributed by atoms with van der Waals surface area (Å²) in [5.41, 5.74) is 7.52. The first-order chi connectivity index (χ1) is 9.25. The van der Waals surface area contributed by atoms with Crippen LogP contribution in [0.4, 0.5) is 5.69 Å². The van der Waals surface area contributed by atoms with Crippen LogP contribution in [0.1, 0.15) is 22.0 Å². The van der Waals surface area contributed by atoms with Crippen LogP contribution in [0.25, 0.3) is 0 Å². The first-order valence-electron chi connectivity index (χ1n) is 5.98. The number of carbonyl (C=O) groups excluding carboxylic acids is 1. The number of fused-ring (bicyclic) bond motifs is 1. The van der Waals surface area contributed by atoms with Crippen LogP contribution >= 0.6 is 0 Å². The van der Waals surface area contributed by atoms with Gasteiger partial charge in [0.2, 0.25) is 0 Å². The van der Waals surface area contributed by atoms with Crippen molar-refractivity contribution < 1.29 is 9.53 Å². The third-order valence-electron chi connectivity index (χ3n) is 3.10. The molecule has 0 bridgehead atoms. The lowest BCUT2D eigenvalue weighted by Crippen LogP contribution is -2.30. The van der Waals surface area contributed by atoms with E-state index in [1.54, 1.807) is 12.3 Å². The monoisotopic (exact) mass is 255 g/mol. The first-order valence-corrected chi connectivity index (χ1v) is 5.98. The van der Waals surface area contributed by atoms with E-state index < -0.39 is 0 Å². The molecule has 0 radical (unpaired) electrons. The Morgan fingerprint density at radius 3 is 3.05 bits per heavy atom. The van der Waals surface area contributed by atoms with Crippen LogP contribution in [0.15, 0.2) is 42.7 Å². The van der Waals surface area contributed by atoms with E-state index in [4.69, 9.17) is 10.5 Å². The van der Waals surface area contributed by atoms with Crippen LogP contribution in [0.2, 0.25) is 0 Å². The standard InChI is InChI=1S/C14H13N3O2/c15-11-7-16-6-5-9(11)14(18)17-12-8-19-13-4-2-1-3-10(12)13/h1-7,12H,8,15H2,(H,17,18). The third-order valence-corrected chi connectivity index (χ3v) is 3.10. The van der Waals surface area contributed by atoms with Crippen molar-refractivity contribution >= 4 is 11.6 Å². The molecule has 1 amide bonds. The van der Waals surface area contributed by atoms with Gasteiger partial charge in [0, 0.05) is 11.8 Å². The van der Waals surface area contributed by atoms with Crippen LogP contribution < -0.4 is 15.8 Å². The van der Waals surface area contributed by atoms with Gasteiger partial charge in [-0.25, -0.2) is 0 Å². The molecule has 1 aliphatic heterocycles. The van der Waals surface area contributed by atoms with Gasteiger partial charge >= 0.3 is 0 Å². The summed E-state index contributed by atoms with van der Waals surface area (Å²) in [6.45, 7) is 0.441. The summed E-state index contributed by atoms with van der Waals surface area (Å²) in [5.74, 6) is 0.598. The fraction of sp³-hybridized carbons (Fsp3) is 0.143. The average Bonchev–Trinajstić information content (AvgIpc) is 2.83. The molecule has 0 saturated heterocycles. The van der Waals surface area contributed by atoms with Gasteiger partial charge in [0.1, 0.15) is 12.4 Å². The lowest BCUT2D eigenvalue weighted by Gasteiger charge is -2.12. The Hall–Kier alpha value is -2.56. The molecule has 1 atom stereocenters. The van der Waals surface area contributed by atoms with Gasteiger partial charge in [0.05, 0.1) is 23.5 Å². The van der Waals surface area contributed by atoms with E-state index in [1.165, 1.54) is 6.20 Å². The minimum Gasteiger partial charge on any atom is -0.491 e. The number of nitrogens with zero attached hydrogens (tertiary/aromatic N) is 1. The van der Waals surface area contributed by atoms with E-state index in [9.17, 15) is 4.79 Å². The molecule has 1 unspecified atom stereocenters. The van der Waals surface area contributed by atoms with E-state index in [0.29, 0.717) is 17.9 Å². The summed E-state index contributed by atoms with van der Waals surface area (Å²) in [7, 11) is 0. The number of rotatable bonds is 2. The second-order valence-corrected chi connectivity index (χ2v) is 4.34. The van der Waals surface area contributed by atoms with Crippen LogP contribution in [0.5, 0.6) is 5.75 Å². The van der Waals surface area contributed by atoms with Gasteiger partial charge in [0.15, 0.2) is 0 Å². The summed E-state index contributed by atoms with van der Waals surface area (Å²) in [6, 6.07) is 9.13. The van der Waals surface area contributed by atoms with Crippen molar-refractivity contribution in [3.05, 3.63) is 53.9 Å². The van der Waals surface area contributed by atoms with Crippen LogP contribution in [0.3, 0.4) is 0 Å². The van der Waals surface area contributed by atoms with Gasteiger partial charge in [-0.3, -0.25) is 9.78 Å². The molecule has 2 heterocycles. The van der Waals surface area contributed by atoms with Crippen molar-refractivity contribution in [2.75, 3.05) is 12.3 Å². The fourth-order valence-electron chi connectivity index (χ4n) is 2.13. The van der Waals surface area contributed by atoms with E-state index >= 15 is 0 Å². The van der Waals surface area contributed by atoms with Gasteiger partial charge in [0.25, 0.3) is 5.91 Å². The maximum absolute atomic E-state index is 12.2. The summed E-state index contributed by atoms with van der Waals surface area (Å²) in [5, 5.41) is 2.92. The highest BCUT2D eigenvalue weighted by atomic mass is 16.5. The van der Waals surface area contributed by atoms with Gasteiger partial charge in [-0.2, -0.15) is 0 Å². The molecule has 5 nitrogen and oxygen atoms in total. The summed E-state index contributed by atoms with van der Waals surface area (Å²) in [6.07, 6.45) is 3.01. The molecule has 1 aliphatic rings. The molecule has 1 aromatic carbocycles. The zero-order valence-electron chi connectivity index (χ0n) is 10.2. The second-order valence-electron chi connectivity index (χ2n) is 4.34. The molecule has 2 aromatic rings. The number of para-hydroxylation sites is 1. The van der Waals surface area contributed by atoms with E-state index in [2.05, 4.69) is 10.3 Å². The van der Waals surface area contributed by atoms with Crippen LogP contribution in [0, 0.1) is 0 Å². The highest BCUT2D eigenvalue weighted by molar-refractivity contribution is 5.99. The van der Waals surface area contributed by atoms with Crippen LogP contribution in [-0.4, -0.2) is 17.5 Å². The van der Waals surface area contributed by atoms with Crippen molar-refractivity contribution in [2.24, 2.45) is 0 Å². The molecule has 3 N–H and O–H groups in total. The lowest BCUT2D eigenvalue weighted by molar-refractivity contribution is 0.0931. The Labute approximate surface area is 110 Å². The molecule has 0 fully saturated rings. The zero-order valence-corrected chi connectivity index (χ0v) is 10.2. The molecule has 19 heavy (non-hydrogen) atoms. The molecule has 5 heteroatoms. The van der Waals surface area contributed by atoms with Crippen LogP contribution in [-0.2, 0) is 0 Å². The largest absolute Gasteiger partial charge is 0.491 e. The van der Waals surface area contributed by atoms with Gasteiger partial charge < -0.3 is 15.8 Å². The molecular formula is C14H13N3O2. The van der Waals surface area contributed by atoms with Crippen molar-refractivity contribution in [3.63, 3.8) is 0 Å². The molecule has 96 valence electrons. The van der Waals surface area contributed by atoms with Crippen molar-refractivity contribution in [2.45, 2.75) is 6.04 Å². The SMILES string of the molecule is Nc1cnccc1C(=O)NC1COc2ccccc21. The summed E-state index contributed by atoms with van der Waals surface area (Å²) in [4.78, 5) is 16.0.